The number of carbonyl (C=O) groups excluding carboxylic acids is 2. The number of anilines is 1. The third kappa shape index (κ3) is 3.94. The van der Waals surface area contributed by atoms with E-state index in [2.05, 4.69) is 10.3 Å². The molecule has 5 heteroatoms. The van der Waals surface area contributed by atoms with Gasteiger partial charge in [-0.05, 0) is 38.1 Å². The molecule has 0 bridgehead atoms. The largest absolute Gasteiger partial charge is 0.350 e. The van der Waals surface area contributed by atoms with E-state index in [1.165, 1.54) is 4.90 Å². The van der Waals surface area contributed by atoms with Crippen molar-refractivity contribution in [2.24, 2.45) is 5.41 Å². The Morgan fingerprint density at radius 3 is 2.35 bits per heavy atom. The number of rotatable bonds is 5. The maximum absolute atomic E-state index is 12.7. The molecule has 1 aromatic carbocycles. The predicted molar refractivity (Wildman–Crippen MR) is 89.7 cm³/mol. The van der Waals surface area contributed by atoms with Crippen LogP contribution in [0.3, 0.4) is 0 Å². The summed E-state index contributed by atoms with van der Waals surface area (Å²) in [6, 6.07) is 14.7. The first-order valence-electron chi connectivity index (χ1n) is 7.44. The number of nitrogens with zero attached hydrogens (tertiary/aromatic N) is 2. The van der Waals surface area contributed by atoms with Crippen molar-refractivity contribution >= 4 is 17.5 Å². The lowest BCUT2D eigenvalue weighted by Crippen LogP contribution is -2.48. The summed E-state index contributed by atoms with van der Waals surface area (Å²) in [5.74, 6) is -0.585. The lowest BCUT2D eigenvalue weighted by Gasteiger charge is -2.28. The van der Waals surface area contributed by atoms with Crippen LogP contribution in [0.25, 0.3) is 0 Å². The van der Waals surface area contributed by atoms with Gasteiger partial charge in [0.2, 0.25) is 11.8 Å². The summed E-state index contributed by atoms with van der Waals surface area (Å²) >= 11 is 0. The highest BCUT2D eigenvalue weighted by molar-refractivity contribution is 6.10. The molecule has 5 nitrogen and oxygen atoms in total. The van der Waals surface area contributed by atoms with Crippen molar-refractivity contribution in [2.45, 2.75) is 20.4 Å². The summed E-state index contributed by atoms with van der Waals surface area (Å²) in [5, 5.41) is 2.78. The molecule has 0 aliphatic heterocycles. The van der Waals surface area contributed by atoms with E-state index in [1.807, 2.05) is 48.5 Å². The van der Waals surface area contributed by atoms with Gasteiger partial charge in [0.05, 0.1) is 12.2 Å². The van der Waals surface area contributed by atoms with Crippen LogP contribution in [0.2, 0.25) is 0 Å². The van der Waals surface area contributed by atoms with Crippen LogP contribution in [0.1, 0.15) is 19.5 Å². The molecule has 0 spiro atoms. The number of hydrogen-bond acceptors (Lipinski definition) is 3. The minimum absolute atomic E-state index is 0.262. The molecule has 0 radical (unpaired) electrons. The van der Waals surface area contributed by atoms with Gasteiger partial charge in [0.25, 0.3) is 0 Å². The number of para-hydroxylation sites is 1. The van der Waals surface area contributed by atoms with Crippen LogP contribution in [0.15, 0.2) is 54.7 Å². The van der Waals surface area contributed by atoms with Gasteiger partial charge in [0.1, 0.15) is 5.41 Å². The zero-order chi connectivity index (χ0) is 16.9. The van der Waals surface area contributed by atoms with E-state index in [9.17, 15) is 9.59 Å². The molecule has 2 amide bonds. The summed E-state index contributed by atoms with van der Waals surface area (Å²) in [6.07, 6.45) is 1.67. The van der Waals surface area contributed by atoms with Gasteiger partial charge in [0, 0.05) is 18.9 Å². The number of aromatic nitrogens is 1. The zero-order valence-corrected chi connectivity index (χ0v) is 13.6. The first-order chi connectivity index (χ1) is 10.9. The third-order valence-corrected chi connectivity index (χ3v) is 3.71. The summed E-state index contributed by atoms with van der Waals surface area (Å²) < 4.78 is 0. The standard InChI is InChI=1S/C18H21N3O2/c1-18(2,16(22)20-13-14-9-7-8-12-19-14)17(23)21(3)15-10-5-4-6-11-15/h4-12H,13H2,1-3H3,(H,20,22). The molecule has 0 saturated carbocycles. The highest BCUT2D eigenvalue weighted by Crippen LogP contribution is 2.23. The minimum Gasteiger partial charge on any atom is -0.350 e. The Hall–Kier alpha value is -2.69. The van der Waals surface area contributed by atoms with Gasteiger partial charge in [-0.2, -0.15) is 0 Å². The van der Waals surface area contributed by atoms with Gasteiger partial charge in [-0.25, -0.2) is 0 Å². The van der Waals surface area contributed by atoms with E-state index < -0.39 is 5.41 Å². The minimum atomic E-state index is -1.17. The average molecular weight is 311 g/mol. The van der Waals surface area contributed by atoms with E-state index in [0.717, 1.165) is 11.4 Å². The molecule has 0 saturated heterocycles. The Morgan fingerprint density at radius 1 is 1.09 bits per heavy atom. The SMILES string of the molecule is CN(C(=O)C(C)(C)C(=O)NCc1ccccn1)c1ccccc1. The summed E-state index contributed by atoms with van der Waals surface area (Å²) in [6.45, 7) is 3.55. The maximum atomic E-state index is 12.7. The van der Waals surface area contributed by atoms with Crippen molar-refractivity contribution in [3.8, 4) is 0 Å². The topological polar surface area (TPSA) is 62.3 Å². The molecule has 0 aliphatic rings. The van der Waals surface area contributed by atoms with Crippen LogP contribution < -0.4 is 10.2 Å². The van der Waals surface area contributed by atoms with Crippen molar-refractivity contribution < 1.29 is 9.59 Å². The van der Waals surface area contributed by atoms with Crippen LogP contribution in [-0.4, -0.2) is 23.8 Å². The second-order valence-corrected chi connectivity index (χ2v) is 5.83. The molecule has 1 N–H and O–H groups in total. The van der Waals surface area contributed by atoms with Crippen LogP contribution in [0.4, 0.5) is 5.69 Å². The van der Waals surface area contributed by atoms with E-state index in [0.29, 0.717) is 6.54 Å². The maximum Gasteiger partial charge on any atom is 0.241 e. The van der Waals surface area contributed by atoms with Crippen molar-refractivity contribution in [1.29, 1.82) is 0 Å². The van der Waals surface area contributed by atoms with Gasteiger partial charge in [-0.1, -0.05) is 24.3 Å². The molecular formula is C18H21N3O2. The number of amides is 2. The molecule has 120 valence electrons. The fourth-order valence-corrected chi connectivity index (χ4v) is 2.18. The summed E-state index contributed by atoms with van der Waals surface area (Å²) in [5.41, 5.74) is 0.336. The van der Waals surface area contributed by atoms with Crippen LogP contribution in [0.5, 0.6) is 0 Å². The fourth-order valence-electron chi connectivity index (χ4n) is 2.18. The van der Waals surface area contributed by atoms with E-state index in [-0.39, 0.29) is 11.8 Å². The third-order valence-electron chi connectivity index (χ3n) is 3.71. The van der Waals surface area contributed by atoms with E-state index >= 15 is 0 Å². The van der Waals surface area contributed by atoms with Crippen LogP contribution in [0, 0.1) is 5.41 Å². The number of benzene rings is 1. The van der Waals surface area contributed by atoms with Crippen LogP contribution in [-0.2, 0) is 16.1 Å². The summed E-state index contributed by atoms with van der Waals surface area (Å²) in [7, 11) is 1.67. The van der Waals surface area contributed by atoms with Crippen molar-refractivity contribution in [3.63, 3.8) is 0 Å². The normalized spacial score (nSPS) is 10.9. The second kappa shape index (κ2) is 7.05. The quantitative estimate of drug-likeness (QED) is 0.862. The Morgan fingerprint density at radius 2 is 1.74 bits per heavy atom. The molecule has 0 unspecified atom stereocenters. The molecule has 0 aliphatic carbocycles. The van der Waals surface area contributed by atoms with Crippen molar-refractivity contribution in [2.75, 3.05) is 11.9 Å². The van der Waals surface area contributed by atoms with Crippen molar-refractivity contribution in [1.82, 2.24) is 10.3 Å². The number of carbonyl (C=O) groups is 2. The fraction of sp³-hybridized carbons (Fsp3) is 0.278. The molecule has 1 heterocycles. The Labute approximate surface area is 136 Å². The highest BCUT2D eigenvalue weighted by atomic mass is 16.2. The first kappa shape index (κ1) is 16.7. The van der Waals surface area contributed by atoms with Gasteiger partial charge in [0.15, 0.2) is 0 Å². The van der Waals surface area contributed by atoms with Gasteiger partial charge in [-0.15, -0.1) is 0 Å². The second-order valence-electron chi connectivity index (χ2n) is 5.83. The van der Waals surface area contributed by atoms with E-state index in [1.54, 1.807) is 27.1 Å². The number of hydrogen-bond donors (Lipinski definition) is 1. The van der Waals surface area contributed by atoms with Gasteiger partial charge in [-0.3, -0.25) is 14.6 Å². The molecule has 2 rings (SSSR count). The molecule has 1 aromatic heterocycles. The monoisotopic (exact) mass is 311 g/mol. The average Bonchev–Trinajstić information content (AvgIpc) is 2.59. The van der Waals surface area contributed by atoms with Gasteiger partial charge >= 0.3 is 0 Å². The zero-order valence-electron chi connectivity index (χ0n) is 13.6. The Kier molecular flexibility index (Phi) is 5.11. The lowest BCUT2D eigenvalue weighted by atomic mass is 9.90. The lowest BCUT2D eigenvalue weighted by molar-refractivity contribution is -0.139. The van der Waals surface area contributed by atoms with Crippen molar-refractivity contribution in [3.05, 3.63) is 60.4 Å². The molecule has 2 aromatic rings. The molecule has 0 atom stereocenters. The molecule has 0 fully saturated rings. The Bertz CT molecular complexity index is 669. The molecular weight excluding hydrogens is 290 g/mol. The highest BCUT2D eigenvalue weighted by Gasteiger charge is 2.38. The first-order valence-corrected chi connectivity index (χ1v) is 7.44. The van der Waals surface area contributed by atoms with Gasteiger partial charge < -0.3 is 10.2 Å². The molecule has 23 heavy (non-hydrogen) atoms. The summed E-state index contributed by atoms with van der Waals surface area (Å²) in [4.78, 5) is 30.7. The smallest absolute Gasteiger partial charge is 0.241 e. The Balaban J connectivity index is 2.04. The number of pyridine rings is 1. The van der Waals surface area contributed by atoms with Crippen LogP contribution >= 0.6 is 0 Å². The van der Waals surface area contributed by atoms with E-state index in [4.69, 9.17) is 0 Å². The predicted octanol–water partition coefficient (Wildman–Crippen LogP) is 2.39. The number of nitrogens with one attached hydrogen (secondary N) is 1.